The van der Waals surface area contributed by atoms with Crippen molar-refractivity contribution < 1.29 is 71.4 Å². The molecule has 5 atom stereocenters. The molecule has 0 spiro atoms. The first-order valence-corrected chi connectivity index (χ1v) is 26.9. The standard InChI is InChI=1S/C49H84O15P2/c1-3-5-7-9-11-13-15-17-19-20-21-22-24-26-28-30-32-34-36-38-49(54)60-40-46(51)42-62-66(57,58)64-44-47(52)43-63-65(55,56)61-41-45(50)39-59-48(53)37-35-33-31-29-27-25-23-18-16-14-12-10-8-6-4-2/h5,7,11-14,16-19,21-22,26,28,45-47,50-52H,3-4,6,8-10,15,20,23-25,27,29-44H2,1-2H3,(H,55,56)(H,57,58)/b7-5-,13-11-,14-12+,18-16+,19-17-,22-21-,28-26-. The summed E-state index contributed by atoms with van der Waals surface area (Å²) in [5.74, 6) is -1.04. The summed E-state index contributed by atoms with van der Waals surface area (Å²) in [7, 11) is -9.59. The van der Waals surface area contributed by atoms with Gasteiger partial charge in [-0.05, 0) is 83.5 Å². The zero-order valence-electron chi connectivity index (χ0n) is 39.8. The van der Waals surface area contributed by atoms with Crippen LogP contribution in [0.25, 0.3) is 0 Å². The average molecular weight is 975 g/mol. The second-order valence-electron chi connectivity index (χ2n) is 15.8. The molecule has 380 valence electrons. The number of hydrogen-bond acceptors (Lipinski definition) is 13. The molecular weight excluding hydrogens is 890 g/mol. The summed E-state index contributed by atoms with van der Waals surface area (Å²) in [6, 6.07) is 0. The van der Waals surface area contributed by atoms with Gasteiger partial charge in [0.15, 0.2) is 0 Å². The maximum absolute atomic E-state index is 12.2. The molecule has 17 heteroatoms. The number of hydrogen-bond donors (Lipinski definition) is 5. The third-order valence-corrected chi connectivity index (χ3v) is 11.3. The second-order valence-corrected chi connectivity index (χ2v) is 18.7. The van der Waals surface area contributed by atoms with Gasteiger partial charge in [0, 0.05) is 12.8 Å². The number of aliphatic hydroxyl groups is 3. The zero-order chi connectivity index (χ0) is 48.8. The monoisotopic (exact) mass is 975 g/mol. The van der Waals surface area contributed by atoms with Gasteiger partial charge in [-0.25, -0.2) is 9.13 Å². The topological polar surface area (TPSA) is 225 Å². The Morgan fingerprint density at radius 3 is 1.15 bits per heavy atom. The Hall–Kier alpha value is -2.78. The summed E-state index contributed by atoms with van der Waals surface area (Å²) in [4.78, 5) is 43.7. The van der Waals surface area contributed by atoms with Crippen molar-refractivity contribution in [2.45, 2.75) is 173 Å². The minimum absolute atomic E-state index is 0.153. The van der Waals surface area contributed by atoms with Gasteiger partial charge in [0.25, 0.3) is 0 Å². The predicted octanol–water partition coefficient (Wildman–Crippen LogP) is 10.9. The first-order valence-electron chi connectivity index (χ1n) is 24.0. The van der Waals surface area contributed by atoms with Crippen LogP contribution in [0.3, 0.4) is 0 Å². The van der Waals surface area contributed by atoms with Gasteiger partial charge in [-0.2, -0.15) is 0 Å². The quantitative estimate of drug-likeness (QED) is 0.0126. The maximum atomic E-state index is 12.2. The highest BCUT2D eigenvalue weighted by Gasteiger charge is 2.28. The van der Waals surface area contributed by atoms with Gasteiger partial charge in [0.05, 0.1) is 26.4 Å². The molecule has 5 N–H and O–H groups in total. The maximum Gasteiger partial charge on any atom is 0.472 e. The SMILES string of the molecule is CC/C=C\C/C=C\C/C=C\C/C=C\C/C=C\CCCCCC(=O)OCC(O)COP(=O)(O)OCC(O)COP(=O)(O)OCC(O)COC(=O)CCCCCCCC/C=C/C=C/CCCCC. The van der Waals surface area contributed by atoms with E-state index in [4.69, 9.17) is 9.47 Å². The van der Waals surface area contributed by atoms with E-state index in [1.807, 2.05) is 0 Å². The van der Waals surface area contributed by atoms with Crippen LogP contribution in [0.15, 0.2) is 85.1 Å². The molecule has 0 rings (SSSR count). The van der Waals surface area contributed by atoms with E-state index in [1.165, 1.54) is 19.3 Å². The third-order valence-electron chi connectivity index (χ3n) is 9.36. The van der Waals surface area contributed by atoms with E-state index in [0.717, 1.165) is 96.3 Å². The van der Waals surface area contributed by atoms with E-state index in [-0.39, 0.29) is 12.8 Å². The van der Waals surface area contributed by atoms with Crippen LogP contribution < -0.4 is 0 Å². The van der Waals surface area contributed by atoms with Crippen molar-refractivity contribution in [3.63, 3.8) is 0 Å². The molecule has 0 aromatic carbocycles. The lowest BCUT2D eigenvalue weighted by Gasteiger charge is -2.19. The highest BCUT2D eigenvalue weighted by molar-refractivity contribution is 7.47. The number of carbonyl (C=O) groups excluding carboxylic acids is 2. The van der Waals surface area contributed by atoms with Crippen molar-refractivity contribution >= 4 is 27.6 Å². The van der Waals surface area contributed by atoms with Crippen molar-refractivity contribution in [1.82, 2.24) is 0 Å². The fourth-order valence-corrected chi connectivity index (χ4v) is 7.23. The lowest BCUT2D eigenvalue weighted by atomic mass is 10.1. The number of aliphatic hydroxyl groups excluding tert-OH is 3. The van der Waals surface area contributed by atoms with Gasteiger partial charge in [-0.3, -0.25) is 27.7 Å². The summed E-state index contributed by atoms with van der Waals surface area (Å²) in [6.45, 7) is 0.200. The molecule has 0 aromatic heterocycles. The van der Waals surface area contributed by atoms with Gasteiger partial charge in [0.2, 0.25) is 0 Å². The first kappa shape index (κ1) is 63.2. The number of allylic oxidation sites excluding steroid dienone is 14. The molecule has 0 saturated carbocycles. The van der Waals surface area contributed by atoms with Crippen molar-refractivity contribution in [1.29, 1.82) is 0 Å². The van der Waals surface area contributed by atoms with Gasteiger partial charge in [-0.15, -0.1) is 0 Å². The fourth-order valence-electron chi connectivity index (χ4n) is 5.64. The Morgan fingerprint density at radius 2 is 0.742 bits per heavy atom. The van der Waals surface area contributed by atoms with Crippen LogP contribution in [0.1, 0.15) is 155 Å². The molecule has 0 radical (unpaired) electrons. The van der Waals surface area contributed by atoms with E-state index in [1.54, 1.807) is 0 Å². The first-order chi connectivity index (χ1) is 31.8. The van der Waals surface area contributed by atoms with Gasteiger partial charge in [0.1, 0.15) is 31.5 Å². The number of carbonyl (C=O) groups is 2. The minimum atomic E-state index is -4.80. The molecule has 0 fully saturated rings. The lowest BCUT2D eigenvalue weighted by molar-refractivity contribution is -0.148. The lowest BCUT2D eigenvalue weighted by Crippen LogP contribution is -2.25. The summed E-state index contributed by atoms with van der Waals surface area (Å²) >= 11 is 0. The van der Waals surface area contributed by atoms with Crippen LogP contribution in [0.2, 0.25) is 0 Å². The molecule has 0 aliphatic rings. The molecule has 66 heavy (non-hydrogen) atoms. The number of esters is 2. The van der Waals surface area contributed by atoms with Crippen LogP contribution in [-0.2, 0) is 46.3 Å². The van der Waals surface area contributed by atoms with Gasteiger partial charge < -0.3 is 34.6 Å². The van der Waals surface area contributed by atoms with Crippen LogP contribution in [0, 0.1) is 0 Å². The molecule has 0 amide bonds. The molecule has 5 unspecified atom stereocenters. The van der Waals surface area contributed by atoms with Crippen molar-refractivity contribution in [3.05, 3.63) is 85.1 Å². The Balaban J connectivity index is 3.95. The van der Waals surface area contributed by atoms with E-state index >= 15 is 0 Å². The highest BCUT2D eigenvalue weighted by atomic mass is 31.2. The second kappa shape index (κ2) is 44.7. The Kier molecular flexibility index (Phi) is 42.8. The number of rotatable bonds is 45. The summed E-state index contributed by atoms with van der Waals surface area (Å²) in [6.07, 6.45) is 45.7. The third kappa shape index (κ3) is 46.3. The zero-order valence-corrected chi connectivity index (χ0v) is 41.6. The smallest absolute Gasteiger partial charge is 0.463 e. The Labute approximate surface area is 396 Å². The Bertz CT molecular complexity index is 1510. The van der Waals surface area contributed by atoms with E-state index in [2.05, 4.69) is 117 Å². The summed E-state index contributed by atoms with van der Waals surface area (Å²) in [5.41, 5.74) is 0. The van der Waals surface area contributed by atoms with Crippen LogP contribution in [-0.4, -0.2) is 95.0 Å². The summed E-state index contributed by atoms with van der Waals surface area (Å²) < 4.78 is 52.9. The molecule has 0 aliphatic carbocycles. The minimum Gasteiger partial charge on any atom is -0.463 e. The normalized spacial score (nSPS) is 15.8. The van der Waals surface area contributed by atoms with E-state index < -0.39 is 85.5 Å². The summed E-state index contributed by atoms with van der Waals surface area (Å²) in [5, 5.41) is 30.0. The van der Waals surface area contributed by atoms with Crippen molar-refractivity contribution in [3.8, 4) is 0 Å². The number of phosphoric ester groups is 2. The van der Waals surface area contributed by atoms with E-state index in [9.17, 15) is 43.8 Å². The molecule has 0 bridgehead atoms. The van der Waals surface area contributed by atoms with Crippen molar-refractivity contribution in [2.24, 2.45) is 0 Å². The van der Waals surface area contributed by atoms with Crippen LogP contribution >= 0.6 is 15.6 Å². The van der Waals surface area contributed by atoms with E-state index in [0.29, 0.717) is 12.8 Å². The van der Waals surface area contributed by atoms with Gasteiger partial charge in [-0.1, -0.05) is 144 Å². The van der Waals surface area contributed by atoms with Gasteiger partial charge >= 0.3 is 27.6 Å². The molecule has 0 saturated heterocycles. The highest BCUT2D eigenvalue weighted by Crippen LogP contribution is 2.45. The Morgan fingerprint density at radius 1 is 0.424 bits per heavy atom. The fraction of sp³-hybridized carbons (Fsp3) is 0.673. The largest absolute Gasteiger partial charge is 0.472 e. The molecule has 0 aromatic rings. The number of phosphoric acid groups is 2. The van der Waals surface area contributed by atoms with Crippen molar-refractivity contribution in [2.75, 3.05) is 39.6 Å². The molecule has 0 heterocycles. The van der Waals surface area contributed by atoms with Crippen LogP contribution in [0.5, 0.6) is 0 Å². The predicted molar refractivity (Wildman–Crippen MR) is 260 cm³/mol. The average Bonchev–Trinajstić information content (AvgIpc) is 3.29. The number of unbranched alkanes of at least 4 members (excludes halogenated alkanes) is 12. The molecule has 0 aliphatic heterocycles. The number of ether oxygens (including phenoxy) is 2. The molecular formula is C49H84O15P2. The van der Waals surface area contributed by atoms with Crippen LogP contribution in [0.4, 0.5) is 0 Å². The molecule has 15 nitrogen and oxygen atoms in total.